The molecule has 0 spiro atoms. The van der Waals surface area contributed by atoms with Gasteiger partial charge in [-0.05, 0) is 82.5 Å². The molecule has 12 rings (SSSR count). The summed E-state index contributed by atoms with van der Waals surface area (Å²) in [6, 6.07) is 39.8. The van der Waals surface area contributed by atoms with Gasteiger partial charge in [0, 0.05) is 134 Å². The van der Waals surface area contributed by atoms with Crippen LogP contribution >= 0.6 is 0 Å². The number of carbonyl (C=O) groups excluding carboxylic acids is 11. The number of amides is 11. The topological polar surface area (TPSA) is 560 Å². The van der Waals surface area contributed by atoms with Crippen molar-refractivity contribution in [3.63, 3.8) is 0 Å². The maximum atomic E-state index is 15.8. The number of para-hydroxylation sites is 2. The average molecular weight is 1710 g/mol. The monoisotopic (exact) mass is 1710 g/mol. The van der Waals surface area contributed by atoms with E-state index in [1.54, 1.807) is 140 Å². The number of rotatable bonds is 45. The number of aromatic nitrogens is 8. The minimum atomic E-state index is -1.60. The summed E-state index contributed by atoms with van der Waals surface area (Å²) in [5.74, 6) is -9.79. The molecule has 652 valence electrons. The number of nitrogens with zero attached hydrogens (tertiary/aromatic N) is 3. The van der Waals surface area contributed by atoms with Gasteiger partial charge in [-0.2, -0.15) is 0 Å². The molecule has 0 fully saturated rings. The molecular formula is C91H101N23O12. The number of phenols is 1. The van der Waals surface area contributed by atoms with Crippen LogP contribution in [0.1, 0.15) is 68.9 Å². The van der Waals surface area contributed by atoms with Crippen LogP contribution in [0.5, 0.6) is 5.75 Å². The van der Waals surface area contributed by atoms with Crippen molar-refractivity contribution in [3.8, 4) is 5.75 Å². The van der Waals surface area contributed by atoms with E-state index in [0.717, 1.165) is 5.56 Å². The first kappa shape index (κ1) is 89.7. The first-order chi connectivity index (χ1) is 61.0. The molecule has 11 atom stereocenters. The van der Waals surface area contributed by atoms with Crippen molar-refractivity contribution in [2.75, 3.05) is 6.54 Å². The molecule has 12 aromatic rings. The van der Waals surface area contributed by atoms with Gasteiger partial charge in [-0.3, -0.25) is 58.1 Å². The van der Waals surface area contributed by atoms with Gasteiger partial charge in [-0.1, -0.05) is 170 Å². The van der Waals surface area contributed by atoms with Crippen LogP contribution in [0.3, 0.4) is 0 Å². The van der Waals surface area contributed by atoms with Gasteiger partial charge in [-0.15, -0.1) is 0 Å². The Morgan fingerprint density at radius 2 is 0.611 bits per heavy atom. The van der Waals surface area contributed by atoms with Crippen LogP contribution in [0.4, 0.5) is 0 Å². The van der Waals surface area contributed by atoms with Crippen LogP contribution < -0.4 is 75.7 Å². The third kappa shape index (κ3) is 26.2. The fourth-order valence-electron chi connectivity index (χ4n) is 14.7. The van der Waals surface area contributed by atoms with Crippen LogP contribution in [-0.4, -0.2) is 189 Å². The molecular weight excluding hydrogens is 1610 g/mol. The molecule has 126 heavy (non-hydrogen) atoms. The van der Waals surface area contributed by atoms with E-state index in [0.29, 0.717) is 72.3 Å². The second kappa shape index (κ2) is 44.3. The molecule has 0 aliphatic carbocycles. The molecule has 0 aliphatic rings. The van der Waals surface area contributed by atoms with Crippen LogP contribution in [0.15, 0.2) is 244 Å². The van der Waals surface area contributed by atoms with E-state index in [4.69, 9.17) is 22.6 Å². The van der Waals surface area contributed by atoms with Crippen LogP contribution in [-0.2, 0) is 117 Å². The Labute approximate surface area is 723 Å². The lowest BCUT2D eigenvalue weighted by Gasteiger charge is -2.28. The summed E-state index contributed by atoms with van der Waals surface area (Å²) in [4.78, 5) is 193. The summed E-state index contributed by atoms with van der Waals surface area (Å²) in [7, 11) is 0. The average Bonchev–Trinajstić information content (AvgIpc) is 1.71. The third-order valence-electron chi connectivity index (χ3n) is 21.3. The Balaban J connectivity index is 0.833. The number of aromatic amines is 5. The molecule has 7 aromatic carbocycles. The van der Waals surface area contributed by atoms with Gasteiger partial charge in [0.05, 0.1) is 25.0 Å². The van der Waals surface area contributed by atoms with E-state index in [9.17, 15) is 29.1 Å². The Morgan fingerprint density at radius 1 is 0.325 bits per heavy atom. The molecule has 5 heterocycles. The maximum absolute atomic E-state index is 15.8. The summed E-state index contributed by atoms with van der Waals surface area (Å²) < 4.78 is 0. The zero-order valence-corrected chi connectivity index (χ0v) is 68.6. The number of carbonyl (C=O) groups is 11. The highest BCUT2D eigenvalue weighted by atomic mass is 16.3. The van der Waals surface area contributed by atoms with Crippen molar-refractivity contribution in [2.45, 2.75) is 144 Å². The summed E-state index contributed by atoms with van der Waals surface area (Å²) in [6.45, 7) is 0.108. The number of phenolic OH excluding ortho intramolecular Hbond substituents is 1. The van der Waals surface area contributed by atoms with Gasteiger partial charge in [0.15, 0.2) is 5.96 Å². The van der Waals surface area contributed by atoms with E-state index in [2.05, 4.69) is 98.4 Å². The smallest absolute Gasteiger partial charge is 0.243 e. The van der Waals surface area contributed by atoms with Crippen molar-refractivity contribution in [2.24, 2.45) is 17.2 Å². The summed E-state index contributed by atoms with van der Waals surface area (Å²) in [5.41, 5.74) is 24.5. The second-order valence-corrected chi connectivity index (χ2v) is 30.7. The molecule has 0 saturated heterocycles. The number of fused-ring (bicyclic) bond motifs is 2. The van der Waals surface area contributed by atoms with Gasteiger partial charge in [0.2, 0.25) is 65.0 Å². The number of nitrogens with two attached hydrogens (primary N) is 3. The Morgan fingerprint density at radius 3 is 0.952 bits per heavy atom. The Kier molecular flexibility index (Phi) is 31.5. The zero-order valence-electron chi connectivity index (χ0n) is 68.6. The van der Waals surface area contributed by atoms with Crippen molar-refractivity contribution < 1.29 is 57.8 Å². The largest absolute Gasteiger partial charge is 0.508 e. The lowest BCUT2D eigenvalue weighted by molar-refractivity contribution is -0.136. The number of hydrogen-bond acceptors (Lipinski definition) is 17. The number of primary amides is 1. The molecule has 35 nitrogen and oxygen atoms in total. The highest BCUT2D eigenvalue weighted by Gasteiger charge is 2.38. The number of aromatic hydroxyl groups is 1. The van der Waals surface area contributed by atoms with Gasteiger partial charge in [-0.25, -0.2) is 15.0 Å². The number of guanidine groups is 1. The molecule has 0 bridgehead atoms. The van der Waals surface area contributed by atoms with E-state index < -0.39 is 131 Å². The first-order valence-corrected chi connectivity index (χ1v) is 41.1. The molecule has 0 aliphatic heterocycles. The SMILES string of the molecule is N=C(N)NCCC[C@H](NC(=O)[C@H](Cc1cnc[nH]1)NC(=O)[C@H](Cc1ccccc1)NC(=O)[C@H](Cc1c[nH]c2ccccc12)NC(=O)[C@H](Cc1cnc[nH]1)NC(=O)[C@H](Cc1c[nH]c2ccccc12)NC(=O)[C@H](Cc1ccccc1)NC(=O)[C@H](Cc1ccc(O)cc1)NC(=O)[C@H](Cc1cnc[nH]1)NC(=O)[C@@H](N)Cc1ccccc1)C(=O)N[C@@H](Cc1ccccc1)C(N)=O. The van der Waals surface area contributed by atoms with Crippen molar-refractivity contribution >= 4 is 92.7 Å². The number of imidazole rings is 3. The predicted octanol–water partition coefficient (Wildman–Crippen LogP) is 2.17. The Hall–Kier alpha value is -15.6. The van der Waals surface area contributed by atoms with Gasteiger partial charge < -0.3 is 106 Å². The molecule has 24 N–H and O–H groups in total. The molecule has 35 heteroatoms. The van der Waals surface area contributed by atoms with Crippen molar-refractivity contribution in [1.29, 1.82) is 5.41 Å². The van der Waals surface area contributed by atoms with E-state index in [-0.39, 0.29) is 95.3 Å². The van der Waals surface area contributed by atoms with E-state index in [1.807, 2.05) is 54.6 Å². The quantitative estimate of drug-likeness (QED) is 0.0148. The molecule has 5 aromatic heterocycles. The van der Waals surface area contributed by atoms with E-state index in [1.165, 1.54) is 49.7 Å². The molecule has 0 radical (unpaired) electrons. The number of nitrogens with one attached hydrogen (secondary N) is 17. The normalized spacial score (nSPS) is 13.8. The minimum Gasteiger partial charge on any atom is -0.508 e. The molecule has 0 saturated carbocycles. The fourth-order valence-corrected chi connectivity index (χ4v) is 14.7. The Bertz CT molecular complexity index is 5640. The summed E-state index contributed by atoms with van der Waals surface area (Å²) in [6.07, 6.45) is 10.4. The van der Waals surface area contributed by atoms with Gasteiger partial charge in [0.1, 0.15) is 66.2 Å². The number of benzene rings is 7. The van der Waals surface area contributed by atoms with Gasteiger partial charge >= 0.3 is 0 Å². The van der Waals surface area contributed by atoms with Gasteiger partial charge in [0.25, 0.3) is 0 Å². The zero-order chi connectivity index (χ0) is 88.9. The fraction of sp³-hybridized carbons (Fsp3) is 0.264. The third-order valence-corrected chi connectivity index (χ3v) is 21.3. The highest BCUT2D eigenvalue weighted by molar-refractivity contribution is 6.00. The summed E-state index contributed by atoms with van der Waals surface area (Å²) >= 11 is 0. The van der Waals surface area contributed by atoms with Crippen LogP contribution in [0.25, 0.3) is 21.8 Å². The second-order valence-electron chi connectivity index (χ2n) is 30.7. The highest BCUT2D eigenvalue weighted by Crippen LogP contribution is 2.23. The van der Waals surface area contributed by atoms with Crippen molar-refractivity contribution in [3.05, 3.63) is 300 Å². The minimum absolute atomic E-state index is 0.0174. The number of hydrogen-bond donors (Lipinski definition) is 21. The maximum Gasteiger partial charge on any atom is 0.243 e. The summed E-state index contributed by atoms with van der Waals surface area (Å²) in [5, 5.41) is 50.4. The number of H-pyrrole nitrogens is 5. The molecule has 11 amide bonds. The van der Waals surface area contributed by atoms with Crippen molar-refractivity contribution in [1.82, 2.24) is 98.4 Å². The lowest BCUT2D eigenvalue weighted by atomic mass is 9.99. The standard InChI is InChI=1S/C91H101N23O12/c92-67(36-54-18-5-1-6-19-54)81(117)107-77(43-61-48-96-51-102-61)89(125)110-74(40-58-31-33-64(115)34-32-58)83(119)108-72(38-56-22-9-3-10-23-56)84(120)111-76(42-60-47-101-69-29-16-14-27-66(60)69)87(123)114-79(45-63-50-98-53-104-63)90(126)112-75(41-59-46-100-68-28-15-13-26-65(59)68)86(122)109-73(39-57-24-11-4-12-25-57)85(121)113-78(44-62-49-97-52-103-62)88(124)105-70(30-17-35-99-91(94)95)82(118)106-71(80(93)116)37-55-20-7-2-8-21-55/h1-16,18-29,31-34,46-53,67,70-79,100-101,115H,17,30,35-45,92H2,(H2,93,116)(H,96,102)(H,97,103)(H,98,104)(H,105,124)(H,106,118)(H,107,117)(H,108,119)(H,109,122)(H,110,125)(H,111,120)(H,112,126)(H,113,121)(H,114,123)(H4,94,95,99)/t67-,70-,71-,72-,73-,74-,75-,76-,77-,78-,79-/m0/s1. The van der Waals surface area contributed by atoms with E-state index >= 15 is 28.8 Å². The molecule has 0 unspecified atom stereocenters. The van der Waals surface area contributed by atoms with Crippen LogP contribution in [0, 0.1) is 5.41 Å². The first-order valence-electron chi connectivity index (χ1n) is 41.1. The lowest BCUT2D eigenvalue weighted by Crippen LogP contribution is -2.62. The predicted molar refractivity (Wildman–Crippen MR) is 469 cm³/mol. The van der Waals surface area contributed by atoms with Crippen LogP contribution in [0.2, 0.25) is 0 Å².